The molecule has 4 nitrogen and oxygen atoms in total. The molecule has 20 heavy (non-hydrogen) atoms. The Kier molecular flexibility index (Phi) is 3.66. The van der Waals surface area contributed by atoms with E-state index in [1.807, 2.05) is 0 Å². The van der Waals surface area contributed by atoms with E-state index in [9.17, 15) is 4.79 Å². The molecule has 0 bridgehead atoms. The minimum Gasteiger partial charge on any atom is -0.366 e. The van der Waals surface area contributed by atoms with Crippen molar-refractivity contribution in [2.45, 2.75) is 38.3 Å². The summed E-state index contributed by atoms with van der Waals surface area (Å²) >= 11 is 0. The molecule has 1 aromatic carbocycles. The Labute approximate surface area is 120 Å². The smallest absolute Gasteiger partial charge is 0.225 e. The SMILES string of the molecule is CC[C@H](N)c1ccc(N2CCCC3C(=O)NCC32)cc1. The van der Waals surface area contributed by atoms with E-state index < -0.39 is 0 Å². The van der Waals surface area contributed by atoms with Gasteiger partial charge in [0, 0.05) is 24.8 Å². The van der Waals surface area contributed by atoms with Crippen molar-refractivity contribution < 1.29 is 4.79 Å². The van der Waals surface area contributed by atoms with E-state index in [-0.39, 0.29) is 17.9 Å². The van der Waals surface area contributed by atoms with Gasteiger partial charge < -0.3 is 16.0 Å². The summed E-state index contributed by atoms with van der Waals surface area (Å²) in [5.74, 6) is 0.394. The van der Waals surface area contributed by atoms with E-state index in [4.69, 9.17) is 5.73 Å². The summed E-state index contributed by atoms with van der Waals surface area (Å²) in [6.45, 7) is 3.92. The van der Waals surface area contributed by atoms with Gasteiger partial charge >= 0.3 is 0 Å². The topological polar surface area (TPSA) is 58.4 Å². The first-order chi connectivity index (χ1) is 9.70. The number of amides is 1. The molecule has 0 aliphatic carbocycles. The Morgan fingerprint density at radius 1 is 1.40 bits per heavy atom. The fraction of sp³-hybridized carbons (Fsp3) is 0.562. The zero-order valence-corrected chi connectivity index (χ0v) is 12.0. The van der Waals surface area contributed by atoms with Crippen LogP contribution >= 0.6 is 0 Å². The number of hydrogen-bond acceptors (Lipinski definition) is 3. The van der Waals surface area contributed by atoms with Gasteiger partial charge in [0.15, 0.2) is 0 Å². The monoisotopic (exact) mass is 273 g/mol. The Hall–Kier alpha value is -1.55. The second-order valence-electron chi connectivity index (χ2n) is 5.86. The number of hydrogen-bond donors (Lipinski definition) is 2. The zero-order chi connectivity index (χ0) is 14.1. The molecule has 108 valence electrons. The molecule has 0 aromatic heterocycles. The third-order valence-electron chi connectivity index (χ3n) is 4.69. The minimum absolute atomic E-state index is 0.118. The molecule has 3 rings (SSSR count). The van der Waals surface area contributed by atoms with Crippen molar-refractivity contribution >= 4 is 11.6 Å². The highest BCUT2D eigenvalue weighted by atomic mass is 16.2. The molecule has 1 aromatic rings. The quantitative estimate of drug-likeness (QED) is 0.883. The molecule has 2 heterocycles. The van der Waals surface area contributed by atoms with Gasteiger partial charge in [0.2, 0.25) is 5.91 Å². The summed E-state index contributed by atoms with van der Waals surface area (Å²) < 4.78 is 0. The number of fused-ring (bicyclic) bond motifs is 1. The van der Waals surface area contributed by atoms with Crippen LogP contribution in [0.1, 0.15) is 37.8 Å². The second-order valence-corrected chi connectivity index (χ2v) is 5.86. The van der Waals surface area contributed by atoms with Crippen LogP contribution in [0.25, 0.3) is 0 Å². The summed E-state index contributed by atoms with van der Waals surface area (Å²) in [7, 11) is 0. The largest absolute Gasteiger partial charge is 0.366 e. The lowest BCUT2D eigenvalue weighted by molar-refractivity contribution is -0.122. The Morgan fingerprint density at radius 3 is 2.85 bits per heavy atom. The predicted molar refractivity (Wildman–Crippen MR) is 80.5 cm³/mol. The number of benzene rings is 1. The number of rotatable bonds is 3. The second kappa shape index (κ2) is 5.44. The van der Waals surface area contributed by atoms with E-state index in [1.165, 1.54) is 11.3 Å². The van der Waals surface area contributed by atoms with Gasteiger partial charge in [-0.2, -0.15) is 0 Å². The van der Waals surface area contributed by atoms with Crippen molar-refractivity contribution in [1.29, 1.82) is 0 Å². The number of carbonyl (C=O) groups is 1. The van der Waals surface area contributed by atoms with Crippen LogP contribution in [-0.4, -0.2) is 25.0 Å². The number of nitrogens with one attached hydrogen (secondary N) is 1. The number of carbonyl (C=O) groups excluding carboxylic acids is 1. The van der Waals surface area contributed by atoms with Crippen LogP contribution in [0.3, 0.4) is 0 Å². The molecule has 2 fully saturated rings. The van der Waals surface area contributed by atoms with Gasteiger partial charge in [-0.25, -0.2) is 0 Å². The Morgan fingerprint density at radius 2 is 2.15 bits per heavy atom. The maximum absolute atomic E-state index is 11.8. The van der Waals surface area contributed by atoms with Gasteiger partial charge in [0.1, 0.15) is 0 Å². The average Bonchev–Trinajstić information content (AvgIpc) is 2.88. The van der Waals surface area contributed by atoms with Crippen molar-refractivity contribution in [2.75, 3.05) is 18.0 Å². The van der Waals surface area contributed by atoms with Gasteiger partial charge in [-0.1, -0.05) is 19.1 Å². The molecule has 1 amide bonds. The van der Waals surface area contributed by atoms with Crippen LogP contribution in [0.5, 0.6) is 0 Å². The first kappa shape index (κ1) is 13.4. The molecule has 0 spiro atoms. The molecular formula is C16H23N3O. The molecular weight excluding hydrogens is 250 g/mol. The number of nitrogens with two attached hydrogens (primary N) is 1. The van der Waals surface area contributed by atoms with Crippen molar-refractivity contribution in [3.8, 4) is 0 Å². The third-order valence-corrected chi connectivity index (χ3v) is 4.69. The van der Waals surface area contributed by atoms with Crippen molar-refractivity contribution in [2.24, 2.45) is 11.7 Å². The summed E-state index contributed by atoms with van der Waals surface area (Å²) in [5.41, 5.74) is 8.46. The highest BCUT2D eigenvalue weighted by Crippen LogP contribution is 2.32. The van der Waals surface area contributed by atoms with Crippen LogP contribution in [0.15, 0.2) is 24.3 Å². The lowest BCUT2D eigenvalue weighted by Crippen LogP contribution is -2.45. The van der Waals surface area contributed by atoms with Crippen LogP contribution in [-0.2, 0) is 4.79 Å². The van der Waals surface area contributed by atoms with Gasteiger partial charge in [-0.15, -0.1) is 0 Å². The third kappa shape index (κ3) is 2.29. The van der Waals surface area contributed by atoms with Crippen molar-refractivity contribution in [3.63, 3.8) is 0 Å². The normalized spacial score (nSPS) is 27.1. The maximum Gasteiger partial charge on any atom is 0.225 e. The highest BCUT2D eigenvalue weighted by Gasteiger charge is 2.40. The van der Waals surface area contributed by atoms with Gasteiger partial charge in [0.25, 0.3) is 0 Å². The Balaban J connectivity index is 1.80. The molecule has 2 saturated heterocycles. The van der Waals surface area contributed by atoms with E-state index in [0.717, 1.165) is 32.4 Å². The first-order valence-electron chi connectivity index (χ1n) is 7.60. The van der Waals surface area contributed by atoms with Gasteiger partial charge in [0.05, 0.1) is 12.0 Å². The van der Waals surface area contributed by atoms with Crippen LogP contribution in [0.4, 0.5) is 5.69 Å². The number of nitrogens with zero attached hydrogens (tertiary/aromatic N) is 1. The van der Waals surface area contributed by atoms with Crippen molar-refractivity contribution in [1.82, 2.24) is 5.32 Å². The average molecular weight is 273 g/mol. The minimum atomic E-state index is 0.118. The highest BCUT2D eigenvalue weighted by molar-refractivity contribution is 5.83. The summed E-state index contributed by atoms with van der Waals surface area (Å²) in [4.78, 5) is 14.2. The number of piperidine rings is 1. The molecule has 2 unspecified atom stereocenters. The standard InChI is InChI=1S/C16H23N3O/c1-2-14(17)11-5-7-12(8-6-11)19-9-3-4-13-15(19)10-18-16(13)20/h5-8,13-15H,2-4,9-10,17H2,1H3,(H,18,20)/t13?,14-,15?/m0/s1. The van der Waals surface area contributed by atoms with Gasteiger partial charge in [-0.3, -0.25) is 4.79 Å². The fourth-order valence-corrected chi connectivity index (χ4v) is 3.42. The molecule has 3 atom stereocenters. The van der Waals surface area contributed by atoms with E-state index in [0.29, 0.717) is 6.04 Å². The van der Waals surface area contributed by atoms with E-state index in [1.54, 1.807) is 0 Å². The number of anilines is 1. The summed E-state index contributed by atoms with van der Waals surface area (Å²) in [6.07, 6.45) is 3.06. The maximum atomic E-state index is 11.8. The molecule has 2 aliphatic heterocycles. The van der Waals surface area contributed by atoms with Gasteiger partial charge in [-0.05, 0) is 37.0 Å². The lowest BCUT2D eigenvalue weighted by atomic mass is 9.91. The van der Waals surface area contributed by atoms with Crippen LogP contribution in [0.2, 0.25) is 0 Å². The molecule has 0 saturated carbocycles. The van der Waals surface area contributed by atoms with E-state index in [2.05, 4.69) is 41.4 Å². The first-order valence-corrected chi connectivity index (χ1v) is 7.60. The zero-order valence-electron chi connectivity index (χ0n) is 12.0. The molecule has 3 N–H and O–H groups in total. The predicted octanol–water partition coefficient (Wildman–Crippen LogP) is 1.81. The lowest BCUT2D eigenvalue weighted by Gasteiger charge is -2.37. The van der Waals surface area contributed by atoms with Crippen LogP contribution < -0.4 is 16.0 Å². The molecule has 4 heteroatoms. The molecule has 2 aliphatic rings. The van der Waals surface area contributed by atoms with Crippen LogP contribution in [0, 0.1) is 5.92 Å². The fourth-order valence-electron chi connectivity index (χ4n) is 3.42. The van der Waals surface area contributed by atoms with E-state index >= 15 is 0 Å². The Bertz CT molecular complexity index is 485. The van der Waals surface area contributed by atoms with Crippen molar-refractivity contribution in [3.05, 3.63) is 29.8 Å². The summed E-state index contributed by atoms with van der Waals surface area (Å²) in [5, 5.41) is 3.00. The molecule has 0 radical (unpaired) electrons. The summed E-state index contributed by atoms with van der Waals surface area (Å²) in [6, 6.07) is 8.98.